The van der Waals surface area contributed by atoms with Crippen molar-refractivity contribution in [3.8, 4) is 12.3 Å². The molecule has 0 aromatic carbocycles. The minimum Gasteiger partial charge on any atom is -0.393 e. The third kappa shape index (κ3) is 2.19. The Hall–Kier alpha value is -1.63. The average Bonchev–Trinajstić information content (AvgIpc) is 2.70. The maximum Gasteiger partial charge on any atom is 0.330 e. The van der Waals surface area contributed by atoms with Gasteiger partial charge in [0.05, 0.1) is 12.5 Å². The summed E-state index contributed by atoms with van der Waals surface area (Å²) in [6.07, 6.45) is 3.05. The summed E-state index contributed by atoms with van der Waals surface area (Å²) in [6, 6.07) is 1.02. The average molecular weight is 317 g/mol. The number of aliphatic hydroxyl groups excluding tert-OH is 2. The van der Waals surface area contributed by atoms with Gasteiger partial charge in [-0.05, 0) is 0 Å². The summed E-state index contributed by atoms with van der Waals surface area (Å²) in [5.41, 5.74) is -5.58. The molecule has 1 unspecified atom stereocenters. The third-order valence-corrected chi connectivity index (χ3v) is 3.92. The summed E-state index contributed by atoms with van der Waals surface area (Å²) in [6.45, 7) is -0.726. The zero-order chi connectivity index (χ0) is 15.8. The van der Waals surface area contributed by atoms with E-state index in [-0.39, 0.29) is 5.88 Å². The van der Waals surface area contributed by atoms with Crippen LogP contribution in [0.4, 0.5) is 0 Å². The van der Waals surface area contributed by atoms with Crippen molar-refractivity contribution in [1.82, 2.24) is 9.55 Å². The number of aromatic nitrogens is 2. The van der Waals surface area contributed by atoms with Gasteiger partial charge >= 0.3 is 5.69 Å². The van der Waals surface area contributed by atoms with Gasteiger partial charge in [-0.3, -0.25) is 14.3 Å². The van der Waals surface area contributed by atoms with Gasteiger partial charge in [0.1, 0.15) is 11.7 Å². The predicted octanol–water partition coefficient (Wildman–Crippen LogP) is -2.24. The summed E-state index contributed by atoms with van der Waals surface area (Å²) in [5, 5.41) is 30.0. The molecule has 0 aliphatic carbocycles. The molecule has 8 nitrogen and oxygen atoms in total. The van der Waals surface area contributed by atoms with Crippen LogP contribution in [-0.4, -0.2) is 54.7 Å². The van der Waals surface area contributed by atoms with E-state index in [1.807, 2.05) is 10.9 Å². The van der Waals surface area contributed by atoms with E-state index in [9.17, 15) is 24.9 Å². The monoisotopic (exact) mass is 316 g/mol. The van der Waals surface area contributed by atoms with Crippen molar-refractivity contribution in [2.24, 2.45) is 0 Å². The van der Waals surface area contributed by atoms with Gasteiger partial charge < -0.3 is 20.1 Å². The van der Waals surface area contributed by atoms with E-state index in [4.69, 9.17) is 22.8 Å². The van der Waals surface area contributed by atoms with Crippen LogP contribution < -0.4 is 11.2 Å². The SMILES string of the molecule is C#C[C@@]1(O)C(O)[C@](CO)(CCl)O[C@H]1n1ccc(=O)[nH]c1=O. The molecule has 2 heterocycles. The number of hydrogen-bond donors (Lipinski definition) is 4. The first-order valence-electron chi connectivity index (χ1n) is 5.89. The summed E-state index contributed by atoms with van der Waals surface area (Å²) in [5.74, 6) is 1.59. The van der Waals surface area contributed by atoms with Crippen LogP contribution in [-0.2, 0) is 4.74 Å². The number of aliphatic hydroxyl groups is 3. The molecule has 114 valence electrons. The van der Waals surface area contributed by atoms with Crippen molar-refractivity contribution >= 4 is 11.6 Å². The van der Waals surface area contributed by atoms with E-state index in [1.54, 1.807) is 0 Å². The summed E-state index contributed by atoms with van der Waals surface area (Å²) in [7, 11) is 0. The van der Waals surface area contributed by atoms with Crippen LogP contribution in [0.5, 0.6) is 0 Å². The normalized spacial score (nSPS) is 35.6. The molecule has 0 spiro atoms. The summed E-state index contributed by atoms with van der Waals surface area (Å²) in [4.78, 5) is 24.8. The van der Waals surface area contributed by atoms with Gasteiger partial charge in [0.25, 0.3) is 5.56 Å². The second-order valence-corrected chi connectivity index (χ2v) is 4.98. The molecule has 4 atom stereocenters. The highest BCUT2D eigenvalue weighted by Gasteiger charge is 2.63. The molecule has 1 aromatic heterocycles. The van der Waals surface area contributed by atoms with Gasteiger partial charge in [-0.15, -0.1) is 18.0 Å². The largest absolute Gasteiger partial charge is 0.393 e. The Balaban J connectivity index is 2.60. The Kier molecular flexibility index (Phi) is 3.97. The minimum absolute atomic E-state index is 0.372. The number of rotatable bonds is 3. The zero-order valence-electron chi connectivity index (χ0n) is 10.7. The fourth-order valence-electron chi connectivity index (χ4n) is 2.21. The van der Waals surface area contributed by atoms with Crippen LogP contribution in [0.1, 0.15) is 6.23 Å². The molecule has 1 saturated heterocycles. The number of alkyl halides is 1. The lowest BCUT2D eigenvalue weighted by molar-refractivity contribution is -0.117. The highest BCUT2D eigenvalue weighted by molar-refractivity contribution is 6.18. The summed E-state index contributed by atoms with van der Waals surface area (Å²) < 4.78 is 6.20. The van der Waals surface area contributed by atoms with Crippen molar-refractivity contribution in [2.45, 2.75) is 23.5 Å². The molecule has 4 N–H and O–H groups in total. The van der Waals surface area contributed by atoms with E-state index >= 15 is 0 Å². The number of hydrogen-bond acceptors (Lipinski definition) is 6. The van der Waals surface area contributed by atoms with Crippen molar-refractivity contribution in [2.75, 3.05) is 12.5 Å². The molecular formula is C12H13ClN2O6. The van der Waals surface area contributed by atoms with Crippen LogP contribution in [0.2, 0.25) is 0 Å². The molecule has 0 radical (unpaired) electrons. The van der Waals surface area contributed by atoms with Gasteiger partial charge in [0.2, 0.25) is 0 Å². The van der Waals surface area contributed by atoms with Crippen molar-refractivity contribution in [1.29, 1.82) is 0 Å². The number of ether oxygens (including phenoxy) is 1. The van der Waals surface area contributed by atoms with Gasteiger partial charge in [-0.1, -0.05) is 5.92 Å². The van der Waals surface area contributed by atoms with Crippen LogP contribution in [0.3, 0.4) is 0 Å². The Morgan fingerprint density at radius 2 is 2.24 bits per heavy atom. The molecule has 0 amide bonds. The first-order valence-corrected chi connectivity index (χ1v) is 6.42. The fourth-order valence-corrected chi connectivity index (χ4v) is 2.51. The van der Waals surface area contributed by atoms with Gasteiger partial charge in [-0.2, -0.15) is 0 Å². The quantitative estimate of drug-likeness (QED) is 0.369. The molecule has 1 aliphatic rings. The summed E-state index contributed by atoms with van der Waals surface area (Å²) >= 11 is 5.69. The predicted molar refractivity (Wildman–Crippen MR) is 71.8 cm³/mol. The number of H-pyrrole nitrogens is 1. The second-order valence-electron chi connectivity index (χ2n) is 4.72. The second kappa shape index (κ2) is 5.29. The van der Waals surface area contributed by atoms with Gasteiger partial charge in [-0.25, -0.2) is 4.79 Å². The fraction of sp³-hybridized carbons (Fsp3) is 0.500. The Morgan fingerprint density at radius 3 is 2.71 bits per heavy atom. The maximum absolute atomic E-state index is 11.8. The number of halogens is 1. The molecule has 0 bridgehead atoms. The molecule has 21 heavy (non-hydrogen) atoms. The molecule has 2 rings (SSSR count). The minimum atomic E-state index is -2.31. The standard InChI is InChI=1S/C12H13ClN2O6/c1-2-12(20)8(18)11(5-13,6-16)21-9(12)15-4-3-7(17)14-10(15)19/h1,3-4,8-9,16,18,20H,5-6H2,(H,14,17,19)/t8?,9-,11-,12-/m1/s1. The molecule has 1 aromatic rings. The Labute approximate surface area is 123 Å². The van der Waals surface area contributed by atoms with E-state index < -0.39 is 41.4 Å². The lowest BCUT2D eigenvalue weighted by Gasteiger charge is -2.29. The molecular weight excluding hydrogens is 304 g/mol. The number of aromatic amines is 1. The highest BCUT2D eigenvalue weighted by Crippen LogP contribution is 2.44. The van der Waals surface area contributed by atoms with Gasteiger partial charge in [0.15, 0.2) is 11.8 Å². The van der Waals surface area contributed by atoms with E-state index in [2.05, 4.69) is 0 Å². The van der Waals surface area contributed by atoms with E-state index in [1.165, 1.54) is 0 Å². The van der Waals surface area contributed by atoms with Crippen molar-refractivity contribution in [3.63, 3.8) is 0 Å². The Bertz CT molecular complexity index is 688. The van der Waals surface area contributed by atoms with Crippen LogP contribution >= 0.6 is 11.6 Å². The Morgan fingerprint density at radius 1 is 1.57 bits per heavy atom. The van der Waals surface area contributed by atoms with E-state index in [0.29, 0.717) is 0 Å². The smallest absolute Gasteiger partial charge is 0.330 e. The van der Waals surface area contributed by atoms with Crippen LogP contribution in [0.15, 0.2) is 21.9 Å². The molecule has 1 fully saturated rings. The lowest BCUT2D eigenvalue weighted by Crippen LogP contribution is -2.53. The zero-order valence-corrected chi connectivity index (χ0v) is 11.4. The topological polar surface area (TPSA) is 125 Å². The lowest BCUT2D eigenvalue weighted by atomic mass is 9.88. The van der Waals surface area contributed by atoms with Gasteiger partial charge in [0, 0.05) is 12.3 Å². The first-order chi connectivity index (χ1) is 9.84. The molecule has 9 heteroatoms. The highest BCUT2D eigenvalue weighted by atomic mass is 35.5. The van der Waals surface area contributed by atoms with E-state index in [0.717, 1.165) is 16.8 Å². The van der Waals surface area contributed by atoms with Crippen molar-refractivity contribution in [3.05, 3.63) is 33.1 Å². The maximum atomic E-state index is 11.8. The third-order valence-electron chi connectivity index (χ3n) is 3.47. The number of terminal acetylenes is 1. The molecule has 1 aliphatic heterocycles. The van der Waals surface area contributed by atoms with Crippen LogP contribution in [0, 0.1) is 12.3 Å². The van der Waals surface area contributed by atoms with Crippen molar-refractivity contribution < 1.29 is 20.1 Å². The number of nitrogens with one attached hydrogen (secondary N) is 1. The molecule has 0 saturated carbocycles. The van der Waals surface area contributed by atoms with Crippen LogP contribution in [0.25, 0.3) is 0 Å². The first kappa shape index (κ1) is 15.8. The number of nitrogens with zero attached hydrogens (tertiary/aromatic N) is 1.